The fraction of sp³-hybridized carbons (Fsp3) is 0.333. The molecule has 0 spiro atoms. The molecule has 2 rings (SSSR count). The smallest absolute Gasteiger partial charge is 0.333 e. The standard InChI is InChI=1S/C24H28O5/c1-18(2)24(26)28-17-7-5-4-6-16-27-22-12-8-20(9-13-22)21-10-14-23(15-11-21)29-19(3)25/h8-15H,1,4-7,16-17H2,2-3H3. The molecule has 0 heterocycles. The minimum absolute atomic E-state index is 0.322. The molecular formula is C24H28O5. The molecular weight excluding hydrogens is 368 g/mol. The van der Waals surface area contributed by atoms with E-state index in [-0.39, 0.29) is 11.9 Å². The summed E-state index contributed by atoms with van der Waals surface area (Å²) in [6, 6.07) is 15.3. The molecule has 0 amide bonds. The van der Waals surface area contributed by atoms with Gasteiger partial charge in [0.15, 0.2) is 0 Å². The van der Waals surface area contributed by atoms with E-state index in [1.807, 2.05) is 36.4 Å². The summed E-state index contributed by atoms with van der Waals surface area (Å²) in [5.41, 5.74) is 2.54. The summed E-state index contributed by atoms with van der Waals surface area (Å²) in [4.78, 5) is 22.2. The van der Waals surface area contributed by atoms with Crippen molar-refractivity contribution in [1.29, 1.82) is 0 Å². The zero-order valence-corrected chi connectivity index (χ0v) is 17.1. The van der Waals surface area contributed by atoms with Crippen LogP contribution in [0.5, 0.6) is 11.5 Å². The number of benzene rings is 2. The summed E-state index contributed by atoms with van der Waals surface area (Å²) >= 11 is 0. The quantitative estimate of drug-likeness (QED) is 0.222. The molecule has 0 aliphatic rings. The predicted molar refractivity (Wildman–Crippen MR) is 113 cm³/mol. The zero-order chi connectivity index (χ0) is 21.1. The summed E-state index contributed by atoms with van der Waals surface area (Å²) in [6.45, 7) is 7.68. The normalized spacial score (nSPS) is 10.3. The zero-order valence-electron chi connectivity index (χ0n) is 17.1. The maximum Gasteiger partial charge on any atom is 0.333 e. The molecule has 0 aromatic heterocycles. The average Bonchev–Trinajstić information content (AvgIpc) is 2.70. The fourth-order valence-electron chi connectivity index (χ4n) is 2.66. The van der Waals surface area contributed by atoms with Crippen LogP contribution in [0.3, 0.4) is 0 Å². The number of carbonyl (C=O) groups excluding carboxylic acids is 2. The third kappa shape index (κ3) is 8.21. The predicted octanol–water partition coefficient (Wildman–Crippen LogP) is 5.34. The Morgan fingerprint density at radius 2 is 1.28 bits per heavy atom. The number of unbranched alkanes of at least 4 members (excludes halogenated alkanes) is 3. The van der Waals surface area contributed by atoms with Crippen LogP contribution in [0.25, 0.3) is 11.1 Å². The molecule has 0 aliphatic carbocycles. The van der Waals surface area contributed by atoms with Crippen molar-refractivity contribution in [3.63, 3.8) is 0 Å². The summed E-state index contributed by atoms with van der Waals surface area (Å²) in [5, 5.41) is 0. The highest BCUT2D eigenvalue weighted by Gasteiger charge is 2.03. The average molecular weight is 396 g/mol. The first-order valence-electron chi connectivity index (χ1n) is 9.80. The molecule has 0 aliphatic heterocycles. The summed E-state index contributed by atoms with van der Waals surface area (Å²) in [7, 11) is 0. The lowest BCUT2D eigenvalue weighted by molar-refractivity contribution is -0.139. The van der Waals surface area contributed by atoms with Gasteiger partial charge >= 0.3 is 11.9 Å². The first kappa shape index (κ1) is 22.2. The van der Waals surface area contributed by atoms with E-state index in [2.05, 4.69) is 6.58 Å². The highest BCUT2D eigenvalue weighted by atomic mass is 16.5. The second kappa shape index (κ2) is 11.7. The Morgan fingerprint density at radius 1 is 0.759 bits per heavy atom. The van der Waals surface area contributed by atoms with E-state index < -0.39 is 0 Å². The van der Waals surface area contributed by atoms with E-state index in [9.17, 15) is 9.59 Å². The van der Waals surface area contributed by atoms with Gasteiger partial charge in [0.25, 0.3) is 0 Å². The van der Waals surface area contributed by atoms with Gasteiger partial charge in [0.2, 0.25) is 0 Å². The Balaban J connectivity index is 1.66. The van der Waals surface area contributed by atoms with Crippen LogP contribution >= 0.6 is 0 Å². The van der Waals surface area contributed by atoms with Crippen molar-refractivity contribution in [2.24, 2.45) is 0 Å². The first-order chi connectivity index (χ1) is 14.0. The van der Waals surface area contributed by atoms with Gasteiger partial charge in [-0.2, -0.15) is 0 Å². The SMILES string of the molecule is C=C(C)C(=O)OCCCCCCOc1ccc(-c2ccc(OC(C)=O)cc2)cc1. The van der Waals surface area contributed by atoms with Crippen molar-refractivity contribution >= 4 is 11.9 Å². The van der Waals surface area contributed by atoms with Gasteiger partial charge in [0.1, 0.15) is 11.5 Å². The third-order valence-electron chi connectivity index (χ3n) is 4.19. The van der Waals surface area contributed by atoms with Crippen LogP contribution in [-0.4, -0.2) is 25.2 Å². The first-order valence-corrected chi connectivity index (χ1v) is 9.80. The van der Waals surface area contributed by atoms with Gasteiger partial charge in [-0.25, -0.2) is 4.79 Å². The Morgan fingerprint density at radius 3 is 1.79 bits per heavy atom. The number of ether oxygens (including phenoxy) is 3. The van der Waals surface area contributed by atoms with Crippen molar-refractivity contribution in [2.75, 3.05) is 13.2 Å². The van der Waals surface area contributed by atoms with Crippen LogP contribution in [0.15, 0.2) is 60.7 Å². The van der Waals surface area contributed by atoms with Crippen molar-refractivity contribution < 1.29 is 23.8 Å². The van der Waals surface area contributed by atoms with Gasteiger partial charge in [-0.1, -0.05) is 30.8 Å². The Labute approximate surface area is 172 Å². The molecule has 0 saturated heterocycles. The molecule has 0 unspecified atom stereocenters. The molecule has 0 saturated carbocycles. The summed E-state index contributed by atoms with van der Waals surface area (Å²) in [6.07, 6.45) is 3.82. The summed E-state index contributed by atoms with van der Waals surface area (Å²) in [5.74, 6) is 0.721. The van der Waals surface area contributed by atoms with Crippen LogP contribution < -0.4 is 9.47 Å². The lowest BCUT2D eigenvalue weighted by Gasteiger charge is -2.08. The van der Waals surface area contributed by atoms with Crippen LogP contribution in [0, 0.1) is 0 Å². The minimum atomic E-state index is -0.328. The van der Waals surface area contributed by atoms with E-state index in [0.717, 1.165) is 42.6 Å². The molecule has 154 valence electrons. The minimum Gasteiger partial charge on any atom is -0.494 e. The van der Waals surface area contributed by atoms with E-state index in [4.69, 9.17) is 14.2 Å². The van der Waals surface area contributed by atoms with E-state index in [1.54, 1.807) is 19.1 Å². The number of hydrogen-bond donors (Lipinski definition) is 0. The van der Waals surface area contributed by atoms with Crippen LogP contribution in [0.2, 0.25) is 0 Å². The second-order valence-corrected chi connectivity index (χ2v) is 6.82. The maximum atomic E-state index is 11.2. The van der Waals surface area contributed by atoms with Crippen molar-refractivity contribution in [3.8, 4) is 22.6 Å². The molecule has 5 heteroatoms. The lowest BCUT2D eigenvalue weighted by atomic mass is 10.1. The monoisotopic (exact) mass is 396 g/mol. The van der Waals surface area contributed by atoms with Crippen molar-refractivity contribution in [3.05, 3.63) is 60.7 Å². The van der Waals surface area contributed by atoms with Gasteiger partial charge in [-0.3, -0.25) is 4.79 Å². The molecule has 0 bridgehead atoms. The molecule has 0 N–H and O–H groups in total. The van der Waals surface area contributed by atoms with Crippen LogP contribution in [0.1, 0.15) is 39.5 Å². The van der Waals surface area contributed by atoms with Crippen LogP contribution in [-0.2, 0) is 14.3 Å². The molecule has 5 nitrogen and oxygen atoms in total. The molecule has 0 fully saturated rings. The topological polar surface area (TPSA) is 61.8 Å². The molecule has 0 radical (unpaired) electrons. The van der Waals surface area contributed by atoms with Gasteiger partial charge in [0.05, 0.1) is 13.2 Å². The van der Waals surface area contributed by atoms with Gasteiger partial charge in [-0.05, 0) is 68.0 Å². The number of rotatable bonds is 11. The van der Waals surface area contributed by atoms with E-state index in [1.165, 1.54) is 6.92 Å². The van der Waals surface area contributed by atoms with Crippen molar-refractivity contribution in [1.82, 2.24) is 0 Å². The van der Waals surface area contributed by atoms with E-state index >= 15 is 0 Å². The third-order valence-corrected chi connectivity index (χ3v) is 4.19. The lowest BCUT2D eigenvalue weighted by Crippen LogP contribution is -2.06. The fourth-order valence-corrected chi connectivity index (χ4v) is 2.66. The molecule has 2 aromatic carbocycles. The molecule has 29 heavy (non-hydrogen) atoms. The molecule has 2 aromatic rings. The Kier molecular flexibility index (Phi) is 8.96. The van der Waals surface area contributed by atoms with E-state index in [0.29, 0.717) is 24.5 Å². The number of esters is 2. The maximum absolute atomic E-state index is 11.2. The Hall–Kier alpha value is -3.08. The number of hydrogen-bond acceptors (Lipinski definition) is 5. The number of carbonyl (C=O) groups is 2. The highest BCUT2D eigenvalue weighted by Crippen LogP contribution is 2.24. The van der Waals surface area contributed by atoms with Crippen molar-refractivity contribution in [2.45, 2.75) is 39.5 Å². The van der Waals surface area contributed by atoms with Crippen LogP contribution in [0.4, 0.5) is 0 Å². The largest absolute Gasteiger partial charge is 0.494 e. The van der Waals surface area contributed by atoms with Gasteiger partial charge in [0, 0.05) is 12.5 Å². The Bertz CT molecular complexity index is 806. The van der Waals surface area contributed by atoms with Gasteiger partial charge in [-0.15, -0.1) is 0 Å². The second-order valence-electron chi connectivity index (χ2n) is 6.82. The summed E-state index contributed by atoms with van der Waals surface area (Å²) < 4.78 is 15.9. The van der Waals surface area contributed by atoms with Gasteiger partial charge < -0.3 is 14.2 Å². The highest BCUT2D eigenvalue weighted by molar-refractivity contribution is 5.86. The molecule has 0 atom stereocenters.